The highest BCUT2D eigenvalue weighted by Gasteiger charge is 2.37. The van der Waals surface area contributed by atoms with Crippen LogP contribution in [0.2, 0.25) is 0 Å². The van der Waals surface area contributed by atoms with Crippen molar-refractivity contribution in [3.05, 3.63) is 80.9 Å². The average Bonchev–Trinajstić information content (AvgIpc) is 3.62. The first-order chi connectivity index (χ1) is 19.8. The van der Waals surface area contributed by atoms with Gasteiger partial charge >= 0.3 is 0 Å². The van der Waals surface area contributed by atoms with Gasteiger partial charge < -0.3 is 14.0 Å². The fourth-order valence-corrected chi connectivity index (χ4v) is 7.62. The number of aromatic nitrogens is 4. The maximum atomic E-state index is 14.4. The van der Waals surface area contributed by atoms with Gasteiger partial charge in [-0.2, -0.15) is 0 Å². The van der Waals surface area contributed by atoms with Gasteiger partial charge in [0.2, 0.25) is 5.91 Å². The predicted molar refractivity (Wildman–Crippen MR) is 153 cm³/mol. The fraction of sp³-hybridized carbons (Fsp3) is 0.355. The lowest BCUT2D eigenvalue weighted by Gasteiger charge is -2.37. The number of fused-ring (bicyclic) bond motifs is 2. The van der Waals surface area contributed by atoms with Crippen molar-refractivity contribution in [2.24, 2.45) is 0 Å². The van der Waals surface area contributed by atoms with Crippen LogP contribution in [0.3, 0.4) is 0 Å². The molecule has 5 aromatic rings. The van der Waals surface area contributed by atoms with Crippen LogP contribution in [-0.2, 0) is 17.6 Å². The zero-order valence-electron chi connectivity index (χ0n) is 23.1. The SMILES string of the molecule is Cc1nc2c(s1)C[C@H](n1c([C@@H]3CCCC(=O)N3c3ccc(F)c(F)c3)nc3cc(-c4c(C)noc4C)ccc31)CC2. The minimum atomic E-state index is -0.974. The molecule has 0 bridgehead atoms. The minimum absolute atomic E-state index is 0.119. The van der Waals surface area contributed by atoms with Gasteiger partial charge in [-0.15, -0.1) is 11.3 Å². The van der Waals surface area contributed by atoms with E-state index >= 15 is 0 Å². The van der Waals surface area contributed by atoms with Gasteiger partial charge in [-0.25, -0.2) is 18.7 Å². The van der Waals surface area contributed by atoms with Crippen molar-refractivity contribution in [3.63, 3.8) is 0 Å². The van der Waals surface area contributed by atoms with Crippen LogP contribution >= 0.6 is 11.3 Å². The Bertz CT molecular complexity index is 1800. The lowest BCUT2D eigenvalue weighted by atomic mass is 9.95. The molecule has 0 spiro atoms. The summed E-state index contributed by atoms with van der Waals surface area (Å²) < 4.78 is 35.9. The molecule has 7 nitrogen and oxygen atoms in total. The summed E-state index contributed by atoms with van der Waals surface area (Å²) >= 11 is 1.74. The molecule has 7 rings (SSSR count). The number of rotatable bonds is 4. The summed E-state index contributed by atoms with van der Waals surface area (Å²) in [6.07, 6.45) is 4.31. The third-order valence-electron chi connectivity index (χ3n) is 8.35. The van der Waals surface area contributed by atoms with E-state index in [0.29, 0.717) is 24.9 Å². The maximum absolute atomic E-state index is 14.4. The number of anilines is 1. The largest absolute Gasteiger partial charge is 0.361 e. The summed E-state index contributed by atoms with van der Waals surface area (Å²) in [7, 11) is 0. The van der Waals surface area contributed by atoms with Crippen molar-refractivity contribution < 1.29 is 18.1 Å². The second-order valence-electron chi connectivity index (χ2n) is 11.0. The topological polar surface area (TPSA) is 77.1 Å². The van der Waals surface area contributed by atoms with Crippen molar-refractivity contribution in [2.75, 3.05) is 4.90 Å². The first-order valence-electron chi connectivity index (χ1n) is 14.0. The van der Waals surface area contributed by atoms with E-state index in [1.807, 2.05) is 20.8 Å². The Morgan fingerprint density at radius 1 is 1.00 bits per heavy atom. The maximum Gasteiger partial charge on any atom is 0.227 e. The first-order valence-corrected chi connectivity index (χ1v) is 14.8. The fourth-order valence-electron chi connectivity index (χ4n) is 6.57. The van der Waals surface area contributed by atoms with Crippen LogP contribution in [0.5, 0.6) is 0 Å². The van der Waals surface area contributed by atoms with Gasteiger partial charge in [-0.05, 0) is 76.3 Å². The number of hydrogen-bond donors (Lipinski definition) is 0. The molecule has 210 valence electrons. The Hall–Kier alpha value is -3.92. The van der Waals surface area contributed by atoms with Crippen LogP contribution in [0.15, 0.2) is 40.9 Å². The van der Waals surface area contributed by atoms with Crippen LogP contribution in [0.4, 0.5) is 14.5 Å². The van der Waals surface area contributed by atoms with Gasteiger partial charge in [0.1, 0.15) is 11.6 Å². The third-order valence-corrected chi connectivity index (χ3v) is 9.39. The predicted octanol–water partition coefficient (Wildman–Crippen LogP) is 7.34. The molecule has 0 N–H and O–H groups in total. The van der Waals surface area contributed by atoms with Gasteiger partial charge in [0.15, 0.2) is 11.6 Å². The minimum Gasteiger partial charge on any atom is -0.361 e. The van der Waals surface area contributed by atoms with E-state index in [4.69, 9.17) is 14.5 Å². The van der Waals surface area contributed by atoms with Crippen molar-refractivity contribution in [3.8, 4) is 11.1 Å². The van der Waals surface area contributed by atoms with Crippen LogP contribution < -0.4 is 4.90 Å². The molecular formula is C31H29F2N5O2S. The van der Waals surface area contributed by atoms with Crippen LogP contribution in [0.25, 0.3) is 22.2 Å². The summed E-state index contributed by atoms with van der Waals surface area (Å²) in [5, 5.41) is 5.19. The molecule has 1 amide bonds. The van der Waals surface area contributed by atoms with Crippen molar-refractivity contribution in [2.45, 2.75) is 71.4 Å². The number of nitrogens with zero attached hydrogens (tertiary/aromatic N) is 5. The lowest BCUT2D eigenvalue weighted by molar-refractivity contribution is -0.120. The molecule has 1 fully saturated rings. The van der Waals surface area contributed by atoms with Crippen LogP contribution in [0, 0.1) is 32.4 Å². The van der Waals surface area contributed by atoms with Crippen molar-refractivity contribution in [1.82, 2.24) is 19.7 Å². The number of aryl methyl sites for hydroxylation is 4. The Balaban J connectivity index is 1.40. The molecule has 2 atom stereocenters. The highest BCUT2D eigenvalue weighted by Crippen LogP contribution is 2.42. The van der Waals surface area contributed by atoms with Gasteiger partial charge in [0.25, 0.3) is 0 Å². The highest BCUT2D eigenvalue weighted by atomic mass is 32.1. The molecule has 3 aromatic heterocycles. The van der Waals surface area contributed by atoms with Gasteiger partial charge in [-0.3, -0.25) is 4.79 Å². The van der Waals surface area contributed by atoms with E-state index in [9.17, 15) is 13.6 Å². The summed E-state index contributed by atoms with van der Waals surface area (Å²) in [4.78, 5) is 26.2. The number of carbonyl (C=O) groups is 1. The molecule has 1 aliphatic carbocycles. The lowest BCUT2D eigenvalue weighted by Crippen LogP contribution is -2.40. The molecule has 1 aliphatic heterocycles. The number of thiazole rings is 1. The average molecular weight is 574 g/mol. The Kier molecular flexibility index (Phi) is 6.26. The molecular weight excluding hydrogens is 544 g/mol. The molecule has 2 aromatic carbocycles. The summed E-state index contributed by atoms with van der Waals surface area (Å²) in [5.74, 6) is -0.525. The first kappa shape index (κ1) is 26.0. The number of imidazole rings is 1. The zero-order chi connectivity index (χ0) is 28.4. The third kappa shape index (κ3) is 4.36. The molecule has 1 saturated heterocycles. The van der Waals surface area contributed by atoms with Crippen LogP contribution in [-0.4, -0.2) is 25.6 Å². The summed E-state index contributed by atoms with van der Waals surface area (Å²) in [5.41, 5.74) is 6.03. The molecule has 10 heteroatoms. The van der Waals surface area contributed by atoms with E-state index in [1.54, 1.807) is 16.2 Å². The molecule has 0 radical (unpaired) electrons. The highest BCUT2D eigenvalue weighted by molar-refractivity contribution is 7.11. The van der Waals surface area contributed by atoms with E-state index in [1.165, 1.54) is 16.6 Å². The molecule has 0 saturated carbocycles. The van der Waals surface area contributed by atoms with Crippen LogP contribution in [0.1, 0.15) is 70.6 Å². The molecule has 0 unspecified atom stereocenters. The monoisotopic (exact) mass is 573 g/mol. The Morgan fingerprint density at radius 2 is 1.85 bits per heavy atom. The Morgan fingerprint density at radius 3 is 2.63 bits per heavy atom. The van der Waals surface area contributed by atoms with Gasteiger partial charge in [-0.1, -0.05) is 11.2 Å². The van der Waals surface area contributed by atoms with E-state index < -0.39 is 17.7 Å². The standard InChI is InChI=1S/C31H29F2N5O2S/c1-16-30(17(2)40-36-16)19-7-12-26-25(13-19)35-31(38(26)21-9-11-24-28(15-21)41-18(3)34-24)27-5-4-6-29(39)37(27)20-8-10-22(32)23(33)14-20/h7-8,10,12-14,21,27H,4-6,9,11,15H2,1-3H3/t21-,27+/m1/s1. The summed E-state index contributed by atoms with van der Waals surface area (Å²) in [6, 6.07) is 9.59. The van der Waals surface area contributed by atoms with Gasteiger partial charge in [0.05, 0.1) is 33.5 Å². The number of benzene rings is 2. The van der Waals surface area contributed by atoms with E-state index in [0.717, 1.165) is 75.8 Å². The normalized spacial score (nSPS) is 19.2. The van der Waals surface area contributed by atoms with Gasteiger partial charge in [0, 0.05) is 41.1 Å². The second-order valence-corrected chi connectivity index (χ2v) is 12.3. The molecule has 4 heterocycles. The Labute approximate surface area is 239 Å². The zero-order valence-corrected chi connectivity index (χ0v) is 23.9. The smallest absolute Gasteiger partial charge is 0.227 e. The number of hydrogen-bond acceptors (Lipinski definition) is 6. The van der Waals surface area contributed by atoms with Crippen molar-refractivity contribution in [1.29, 1.82) is 0 Å². The summed E-state index contributed by atoms with van der Waals surface area (Å²) in [6.45, 7) is 5.86. The van der Waals surface area contributed by atoms with Crippen molar-refractivity contribution >= 4 is 34.0 Å². The van der Waals surface area contributed by atoms with E-state index in [-0.39, 0.29) is 11.9 Å². The molecule has 2 aliphatic rings. The molecule has 41 heavy (non-hydrogen) atoms. The quantitative estimate of drug-likeness (QED) is 0.225. The number of piperidine rings is 1. The second kappa shape index (κ2) is 9.87. The van der Waals surface area contributed by atoms with E-state index in [2.05, 4.69) is 27.9 Å². The number of amides is 1. The number of carbonyl (C=O) groups excluding carboxylic acids is 1. The number of halogens is 2.